The summed E-state index contributed by atoms with van der Waals surface area (Å²) < 4.78 is 42.3. The molecule has 0 radical (unpaired) electrons. The topological polar surface area (TPSA) is 64.7 Å². The van der Waals surface area contributed by atoms with Crippen molar-refractivity contribution in [3.8, 4) is 0 Å². The summed E-state index contributed by atoms with van der Waals surface area (Å²) in [6.45, 7) is 0. The van der Waals surface area contributed by atoms with Crippen LogP contribution in [0.4, 0.5) is 18.9 Å². The highest BCUT2D eigenvalue weighted by Crippen LogP contribution is 2.34. The Morgan fingerprint density at radius 2 is 2.00 bits per heavy atom. The van der Waals surface area contributed by atoms with E-state index in [2.05, 4.69) is 15.5 Å². The quantitative estimate of drug-likeness (QED) is 0.581. The third-order valence-corrected chi connectivity index (χ3v) is 5.57. The summed E-state index contributed by atoms with van der Waals surface area (Å²) >= 11 is 7.03. The predicted octanol–water partition coefficient (Wildman–Crippen LogP) is 4.15. The first-order valence-corrected chi connectivity index (χ1v) is 9.79. The number of nitrogens with one attached hydrogen (secondary N) is 1. The number of hydrogen-bond acceptors (Lipinski definition) is 4. The van der Waals surface area contributed by atoms with Crippen molar-refractivity contribution in [2.24, 2.45) is 14.1 Å². The molecule has 154 valence electrons. The summed E-state index contributed by atoms with van der Waals surface area (Å²) in [5.41, 5.74) is 0.0897. The highest BCUT2D eigenvalue weighted by molar-refractivity contribution is 7.99. The van der Waals surface area contributed by atoms with Crippen molar-refractivity contribution in [3.63, 3.8) is 0 Å². The van der Waals surface area contributed by atoms with Gasteiger partial charge in [-0.3, -0.25) is 4.79 Å². The van der Waals surface area contributed by atoms with Crippen molar-refractivity contribution in [1.82, 2.24) is 19.3 Å². The van der Waals surface area contributed by atoms with Crippen molar-refractivity contribution in [2.45, 2.75) is 17.8 Å². The van der Waals surface area contributed by atoms with Crippen LogP contribution in [0, 0.1) is 0 Å². The van der Waals surface area contributed by atoms with Gasteiger partial charge in [-0.2, -0.15) is 13.2 Å². The van der Waals surface area contributed by atoms with Crippen LogP contribution < -0.4 is 5.32 Å². The molecule has 0 unspecified atom stereocenters. The summed E-state index contributed by atoms with van der Waals surface area (Å²) in [6, 6.07) is 6.69. The molecule has 0 aliphatic rings. The number of hydrogen-bond donors (Lipinski definition) is 1. The van der Waals surface area contributed by atoms with E-state index in [1.807, 2.05) is 29.9 Å². The van der Waals surface area contributed by atoms with Gasteiger partial charge in [0.25, 0.3) is 0 Å². The molecule has 6 nitrogen and oxygen atoms in total. The molecular weight excluding hydrogens is 427 g/mol. The summed E-state index contributed by atoms with van der Waals surface area (Å²) in [6.07, 6.45) is -2.00. The van der Waals surface area contributed by atoms with Crippen molar-refractivity contribution < 1.29 is 18.0 Å². The average Bonchev–Trinajstić information content (AvgIpc) is 3.21. The molecule has 1 amide bonds. The molecule has 2 heterocycles. The second-order valence-electron chi connectivity index (χ2n) is 6.27. The lowest BCUT2D eigenvalue weighted by molar-refractivity contribution is -0.137. The zero-order chi connectivity index (χ0) is 21.2. The van der Waals surface area contributed by atoms with E-state index in [-0.39, 0.29) is 16.5 Å². The van der Waals surface area contributed by atoms with Crippen LogP contribution in [-0.2, 0) is 31.5 Å². The van der Waals surface area contributed by atoms with Crippen molar-refractivity contribution in [2.75, 3.05) is 11.1 Å². The minimum atomic E-state index is -4.52. The Morgan fingerprint density at radius 1 is 1.24 bits per heavy atom. The molecule has 0 saturated heterocycles. The normalized spacial score (nSPS) is 11.7. The Bertz CT molecular complexity index is 1030. The molecule has 0 atom stereocenters. The summed E-state index contributed by atoms with van der Waals surface area (Å²) in [7, 11) is 3.73. The summed E-state index contributed by atoms with van der Waals surface area (Å²) in [4.78, 5) is 12.2. The molecule has 29 heavy (non-hydrogen) atoms. The fraction of sp³-hybridized carbons (Fsp3) is 0.278. The average molecular weight is 444 g/mol. The number of amides is 1. The van der Waals surface area contributed by atoms with E-state index in [1.54, 1.807) is 11.6 Å². The standard InChI is InChI=1S/C18H17ClF3N5OS/c1-26-7-3-4-12(26)9-15-24-25-17(27(15)2)29-10-16(28)23-14-8-11(18(20,21)22)5-6-13(14)19/h3-8H,9-10H2,1-2H3,(H,23,28). The van der Waals surface area contributed by atoms with E-state index >= 15 is 0 Å². The molecule has 0 spiro atoms. The maximum absolute atomic E-state index is 12.8. The van der Waals surface area contributed by atoms with Crippen LogP contribution in [0.3, 0.4) is 0 Å². The van der Waals surface area contributed by atoms with E-state index in [9.17, 15) is 18.0 Å². The second kappa shape index (κ2) is 8.50. The third kappa shape index (κ3) is 5.13. The van der Waals surface area contributed by atoms with Crippen molar-refractivity contribution in [3.05, 3.63) is 58.6 Å². The third-order valence-electron chi connectivity index (χ3n) is 4.22. The zero-order valence-corrected chi connectivity index (χ0v) is 17.1. The first-order chi connectivity index (χ1) is 13.6. The van der Waals surface area contributed by atoms with Gasteiger partial charge in [-0.05, 0) is 30.3 Å². The molecule has 1 N–H and O–H groups in total. The number of alkyl halides is 3. The molecular formula is C18H17ClF3N5OS. The largest absolute Gasteiger partial charge is 0.416 e. The fourth-order valence-corrected chi connectivity index (χ4v) is 3.48. The van der Waals surface area contributed by atoms with E-state index in [4.69, 9.17) is 11.6 Å². The lowest BCUT2D eigenvalue weighted by atomic mass is 10.2. The molecule has 0 saturated carbocycles. The zero-order valence-electron chi connectivity index (χ0n) is 15.5. The van der Waals surface area contributed by atoms with Gasteiger partial charge >= 0.3 is 6.18 Å². The fourth-order valence-electron chi connectivity index (χ4n) is 2.58. The number of aryl methyl sites for hydroxylation is 1. The number of rotatable bonds is 6. The highest BCUT2D eigenvalue weighted by Gasteiger charge is 2.31. The maximum Gasteiger partial charge on any atom is 0.416 e. The Balaban J connectivity index is 1.62. The number of carbonyl (C=O) groups excluding carboxylic acids is 1. The monoisotopic (exact) mass is 443 g/mol. The minimum Gasteiger partial charge on any atom is -0.354 e. The molecule has 11 heteroatoms. The van der Waals surface area contributed by atoms with Crippen LogP contribution in [0.15, 0.2) is 41.7 Å². The van der Waals surface area contributed by atoms with Gasteiger partial charge in [0.15, 0.2) is 5.16 Å². The number of halogens is 4. The highest BCUT2D eigenvalue weighted by atomic mass is 35.5. The Hall–Kier alpha value is -2.46. The van der Waals surface area contributed by atoms with Gasteiger partial charge in [-0.25, -0.2) is 0 Å². The van der Waals surface area contributed by atoms with Crippen LogP contribution in [0.5, 0.6) is 0 Å². The van der Waals surface area contributed by atoms with Gasteiger partial charge in [0.2, 0.25) is 5.91 Å². The second-order valence-corrected chi connectivity index (χ2v) is 7.62. The molecule has 0 bridgehead atoms. The maximum atomic E-state index is 12.8. The number of aromatic nitrogens is 4. The van der Waals surface area contributed by atoms with Crippen LogP contribution in [0.1, 0.15) is 17.1 Å². The van der Waals surface area contributed by atoms with Gasteiger partial charge in [-0.15, -0.1) is 10.2 Å². The van der Waals surface area contributed by atoms with Gasteiger partial charge in [-0.1, -0.05) is 23.4 Å². The first kappa shape index (κ1) is 21.3. The predicted molar refractivity (Wildman–Crippen MR) is 105 cm³/mol. The minimum absolute atomic E-state index is 0.0277. The van der Waals surface area contributed by atoms with E-state index in [0.717, 1.165) is 41.5 Å². The number of benzene rings is 1. The summed E-state index contributed by atoms with van der Waals surface area (Å²) in [5, 5.41) is 11.2. The van der Waals surface area contributed by atoms with Crippen molar-refractivity contribution >= 4 is 35.0 Å². The SMILES string of the molecule is Cn1cccc1Cc1nnc(SCC(=O)Nc2cc(C(F)(F)F)ccc2Cl)n1C. The van der Waals surface area contributed by atoms with Crippen molar-refractivity contribution in [1.29, 1.82) is 0 Å². The summed E-state index contributed by atoms with van der Waals surface area (Å²) in [5.74, 6) is 0.182. The van der Waals surface area contributed by atoms with E-state index < -0.39 is 17.6 Å². The van der Waals surface area contributed by atoms with Gasteiger partial charge in [0.1, 0.15) is 5.82 Å². The van der Waals surface area contributed by atoms with Gasteiger partial charge < -0.3 is 14.5 Å². The smallest absolute Gasteiger partial charge is 0.354 e. The number of anilines is 1. The molecule has 3 aromatic rings. The molecule has 1 aromatic carbocycles. The molecule has 3 rings (SSSR count). The molecule has 0 aliphatic heterocycles. The van der Waals surface area contributed by atoms with E-state index in [1.165, 1.54) is 0 Å². The van der Waals surface area contributed by atoms with Gasteiger partial charge in [0.05, 0.1) is 22.0 Å². The number of carbonyl (C=O) groups is 1. The van der Waals surface area contributed by atoms with Crippen LogP contribution in [0.25, 0.3) is 0 Å². The van der Waals surface area contributed by atoms with Crippen LogP contribution in [0.2, 0.25) is 5.02 Å². The lowest BCUT2D eigenvalue weighted by Crippen LogP contribution is -2.16. The van der Waals surface area contributed by atoms with Crippen LogP contribution in [-0.4, -0.2) is 31.0 Å². The first-order valence-electron chi connectivity index (χ1n) is 8.43. The Morgan fingerprint density at radius 3 is 2.66 bits per heavy atom. The lowest BCUT2D eigenvalue weighted by Gasteiger charge is -2.11. The molecule has 0 aliphatic carbocycles. The molecule has 0 fully saturated rings. The Labute approximate surface area is 174 Å². The van der Waals surface area contributed by atoms with Gasteiger partial charge in [0, 0.05) is 32.4 Å². The number of thioether (sulfide) groups is 1. The number of nitrogens with zero attached hydrogens (tertiary/aromatic N) is 4. The van der Waals surface area contributed by atoms with E-state index in [0.29, 0.717) is 11.6 Å². The Kier molecular flexibility index (Phi) is 6.23. The van der Waals surface area contributed by atoms with Crippen LogP contribution >= 0.6 is 23.4 Å². The molecule has 2 aromatic heterocycles.